The molecule has 0 atom stereocenters. The number of ketones is 1. The van der Waals surface area contributed by atoms with Gasteiger partial charge in [-0.1, -0.05) is 5.57 Å². The largest absolute Gasteiger partial charge is 0.444 e. The molecule has 4 heteroatoms. The fourth-order valence-electron chi connectivity index (χ4n) is 2.92. The first kappa shape index (κ1) is 14.1. The van der Waals surface area contributed by atoms with E-state index in [9.17, 15) is 9.59 Å². The number of hydrogen-bond donors (Lipinski definition) is 0. The lowest BCUT2D eigenvalue weighted by molar-refractivity contribution is -0.125. The molecule has 4 nitrogen and oxygen atoms in total. The van der Waals surface area contributed by atoms with E-state index in [2.05, 4.69) is 0 Å². The Morgan fingerprint density at radius 1 is 1.32 bits per heavy atom. The van der Waals surface area contributed by atoms with Gasteiger partial charge in [0.15, 0.2) is 5.78 Å². The molecule has 2 aliphatic rings. The summed E-state index contributed by atoms with van der Waals surface area (Å²) in [5, 5.41) is 0. The van der Waals surface area contributed by atoms with Crippen LogP contribution < -0.4 is 0 Å². The molecule has 1 heterocycles. The first-order chi connectivity index (χ1) is 8.72. The first-order valence-electron chi connectivity index (χ1n) is 6.91. The highest BCUT2D eigenvalue weighted by atomic mass is 16.6. The van der Waals surface area contributed by atoms with Crippen LogP contribution in [0.1, 0.15) is 47.0 Å². The zero-order chi connectivity index (χ0) is 14.3. The summed E-state index contributed by atoms with van der Waals surface area (Å²) < 4.78 is 5.37. The van der Waals surface area contributed by atoms with Crippen molar-refractivity contribution in [3.63, 3.8) is 0 Å². The van der Waals surface area contributed by atoms with E-state index in [0.717, 1.165) is 24.8 Å². The molecule has 0 saturated carbocycles. The summed E-state index contributed by atoms with van der Waals surface area (Å²) in [6.07, 6.45) is 3.85. The van der Waals surface area contributed by atoms with Crippen LogP contribution >= 0.6 is 0 Å². The zero-order valence-corrected chi connectivity index (χ0v) is 12.3. The quantitative estimate of drug-likeness (QED) is 0.676. The molecule has 0 aromatic heterocycles. The predicted molar refractivity (Wildman–Crippen MR) is 72.9 cm³/mol. The molecule has 0 aromatic carbocycles. The van der Waals surface area contributed by atoms with Crippen molar-refractivity contribution in [2.45, 2.75) is 52.6 Å². The van der Waals surface area contributed by atoms with E-state index >= 15 is 0 Å². The van der Waals surface area contributed by atoms with Crippen molar-refractivity contribution in [3.05, 3.63) is 11.6 Å². The van der Waals surface area contributed by atoms with Crippen molar-refractivity contribution < 1.29 is 14.3 Å². The number of carbonyl (C=O) groups excluding carboxylic acids is 2. The lowest BCUT2D eigenvalue weighted by Crippen LogP contribution is -2.46. The summed E-state index contributed by atoms with van der Waals surface area (Å²) in [5.74, 6) is 0.244. The third kappa shape index (κ3) is 2.99. The van der Waals surface area contributed by atoms with Gasteiger partial charge in [-0.15, -0.1) is 0 Å². The Balaban J connectivity index is 1.93. The Bertz CT molecular complexity index is 423. The van der Waals surface area contributed by atoms with Crippen LogP contribution in [0.4, 0.5) is 4.79 Å². The lowest BCUT2D eigenvalue weighted by Gasteiger charge is -2.38. The molecule has 106 valence electrons. The van der Waals surface area contributed by atoms with Gasteiger partial charge >= 0.3 is 6.09 Å². The molecule has 0 aromatic rings. The molecule has 0 bridgehead atoms. The molecular weight excluding hydrogens is 242 g/mol. The molecule has 1 amide bonds. The lowest BCUT2D eigenvalue weighted by atomic mass is 9.75. The average molecular weight is 265 g/mol. The minimum absolute atomic E-state index is 0.234. The summed E-state index contributed by atoms with van der Waals surface area (Å²) in [4.78, 5) is 25.7. The monoisotopic (exact) mass is 265 g/mol. The van der Waals surface area contributed by atoms with Gasteiger partial charge in [0.2, 0.25) is 0 Å². The molecule has 0 N–H and O–H groups in total. The molecule has 0 radical (unpaired) electrons. The van der Waals surface area contributed by atoms with E-state index in [0.29, 0.717) is 13.1 Å². The van der Waals surface area contributed by atoms with Gasteiger partial charge in [-0.05, 0) is 53.0 Å². The zero-order valence-electron chi connectivity index (χ0n) is 12.3. The summed E-state index contributed by atoms with van der Waals surface area (Å²) in [7, 11) is 0. The van der Waals surface area contributed by atoms with E-state index in [4.69, 9.17) is 4.74 Å². The van der Waals surface area contributed by atoms with Crippen molar-refractivity contribution in [2.24, 2.45) is 5.41 Å². The van der Waals surface area contributed by atoms with E-state index < -0.39 is 5.60 Å². The second kappa shape index (κ2) is 4.66. The second-order valence-electron chi connectivity index (χ2n) is 6.78. The molecule has 0 unspecified atom stereocenters. The van der Waals surface area contributed by atoms with Crippen LogP contribution in [0.15, 0.2) is 11.6 Å². The van der Waals surface area contributed by atoms with Crippen LogP contribution in [0.25, 0.3) is 0 Å². The molecule has 2 rings (SSSR count). The van der Waals surface area contributed by atoms with Crippen LogP contribution in [0.5, 0.6) is 0 Å². The van der Waals surface area contributed by atoms with Gasteiger partial charge in [0.25, 0.3) is 0 Å². The minimum Gasteiger partial charge on any atom is -0.444 e. The third-order valence-corrected chi connectivity index (χ3v) is 3.89. The number of carbonyl (C=O) groups is 2. The van der Waals surface area contributed by atoms with E-state index in [-0.39, 0.29) is 17.3 Å². The maximum Gasteiger partial charge on any atom is 0.410 e. The van der Waals surface area contributed by atoms with Crippen molar-refractivity contribution in [3.8, 4) is 0 Å². The molecule has 1 aliphatic heterocycles. The summed E-state index contributed by atoms with van der Waals surface area (Å²) >= 11 is 0. The number of allylic oxidation sites excluding steroid dienone is 2. The first-order valence-corrected chi connectivity index (χ1v) is 6.91. The fraction of sp³-hybridized carbons (Fsp3) is 0.733. The Morgan fingerprint density at radius 3 is 2.32 bits per heavy atom. The topological polar surface area (TPSA) is 46.6 Å². The number of amides is 1. The molecule has 1 aliphatic carbocycles. The van der Waals surface area contributed by atoms with Crippen LogP contribution in [-0.2, 0) is 9.53 Å². The van der Waals surface area contributed by atoms with E-state index in [1.54, 1.807) is 11.0 Å². The van der Waals surface area contributed by atoms with Crippen LogP contribution in [0, 0.1) is 5.41 Å². The Labute approximate surface area is 114 Å². The van der Waals surface area contributed by atoms with Gasteiger partial charge in [-0.3, -0.25) is 4.79 Å². The van der Waals surface area contributed by atoms with Gasteiger partial charge in [0.05, 0.1) is 0 Å². The van der Waals surface area contributed by atoms with Gasteiger partial charge in [-0.2, -0.15) is 0 Å². The van der Waals surface area contributed by atoms with E-state index in [1.165, 1.54) is 0 Å². The van der Waals surface area contributed by atoms with E-state index in [1.807, 2.05) is 27.7 Å². The van der Waals surface area contributed by atoms with Crippen LogP contribution in [0.2, 0.25) is 0 Å². The van der Waals surface area contributed by atoms with Gasteiger partial charge in [0, 0.05) is 18.5 Å². The average Bonchev–Trinajstić information content (AvgIpc) is 2.52. The predicted octanol–water partition coefficient (Wildman–Crippen LogP) is 2.92. The maximum atomic E-state index is 12.1. The Kier molecular flexibility index (Phi) is 3.45. The third-order valence-electron chi connectivity index (χ3n) is 3.89. The normalized spacial score (nSPS) is 22.6. The standard InChI is InChI=1S/C15H23NO3/c1-11-9-12(17)15(10-11)5-7-16(8-6-15)13(18)19-14(2,3)4/h9H,5-8,10H2,1-4H3. The number of likely N-dealkylation sites (tertiary alicyclic amines) is 1. The number of rotatable bonds is 0. The summed E-state index contributed by atoms with van der Waals surface area (Å²) in [6.45, 7) is 8.83. The number of ether oxygens (including phenoxy) is 1. The SMILES string of the molecule is CC1=CC(=O)C2(CCN(C(=O)OC(C)(C)C)CC2)C1. The van der Waals surface area contributed by atoms with Crippen molar-refractivity contribution in [1.29, 1.82) is 0 Å². The number of hydrogen-bond acceptors (Lipinski definition) is 3. The van der Waals surface area contributed by atoms with Crippen LogP contribution in [0.3, 0.4) is 0 Å². The summed E-state index contributed by atoms with van der Waals surface area (Å²) in [6, 6.07) is 0. The number of nitrogens with zero attached hydrogens (tertiary/aromatic N) is 1. The highest BCUT2D eigenvalue weighted by Gasteiger charge is 2.44. The Morgan fingerprint density at radius 2 is 1.89 bits per heavy atom. The molecule has 19 heavy (non-hydrogen) atoms. The second-order valence-corrected chi connectivity index (χ2v) is 6.78. The highest BCUT2D eigenvalue weighted by molar-refractivity contribution is 5.98. The molecule has 1 fully saturated rings. The highest BCUT2D eigenvalue weighted by Crippen LogP contribution is 2.43. The van der Waals surface area contributed by atoms with Crippen molar-refractivity contribution >= 4 is 11.9 Å². The minimum atomic E-state index is -0.465. The fourth-order valence-corrected chi connectivity index (χ4v) is 2.92. The van der Waals surface area contributed by atoms with Gasteiger partial charge < -0.3 is 9.64 Å². The Hall–Kier alpha value is -1.32. The number of piperidine rings is 1. The van der Waals surface area contributed by atoms with Crippen molar-refractivity contribution in [1.82, 2.24) is 4.90 Å². The van der Waals surface area contributed by atoms with Gasteiger partial charge in [-0.25, -0.2) is 4.79 Å². The maximum absolute atomic E-state index is 12.1. The van der Waals surface area contributed by atoms with Crippen LogP contribution in [-0.4, -0.2) is 35.5 Å². The molecular formula is C15H23NO3. The molecule has 1 spiro atoms. The molecule has 1 saturated heterocycles. The smallest absolute Gasteiger partial charge is 0.410 e. The van der Waals surface area contributed by atoms with Gasteiger partial charge in [0.1, 0.15) is 5.60 Å². The van der Waals surface area contributed by atoms with Crippen molar-refractivity contribution in [2.75, 3.05) is 13.1 Å². The summed E-state index contributed by atoms with van der Waals surface area (Å²) in [5.41, 5.74) is 0.464.